The third-order valence-corrected chi connectivity index (χ3v) is 11.3. The van der Waals surface area contributed by atoms with Crippen molar-refractivity contribution in [3.05, 3.63) is 56.3 Å². The highest BCUT2D eigenvalue weighted by atomic mass is 32.1. The molecule has 2 N–H and O–H groups in total. The fraction of sp³-hybridized carbons (Fsp3) is 0.723. The fourth-order valence-electron chi connectivity index (χ4n) is 7.49. The quantitative estimate of drug-likeness (QED) is 0.117. The highest BCUT2D eigenvalue weighted by Crippen LogP contribution is 2.35. The van der Waals surface area contributed by atoms with Crippen molar-refractivity contribution in [2.24, 2.45) is 17.8 Å². The maximum atomic E-state index is 11.3. The van der Waals surface area contributed by atoms with Crippen molar-refractivity contribution in [3.8, 4) is 0 Å². The Kier molecular flexibility index (Phi) is 29.6. The summed E-state index contributed by atoms with van der Waals surface area (Å²) in [6.45, 7) is 23.3. The number of anilines is 1. The largest absolute Gasteiger partial charge is 0.398 e. The summed E-state index contributed by atoms with van der Waals surface area (Å²) in [6, 6.07) is 6.51. The molecule has 1 saturated carbocycles. The molecular weight excluding hydrogens is 627 g/mol. The molecule has 0 bridgehead atoms. The van der Waals surface area contributed by atoms with Crippen LogP contribution in [-0.4, -0.2) is 5.78 Å². The Morgan fingerprint density at radius 3 is 2.08 bits per heavy atom. The Morgan fingerprint density at radius 1 is 0.840 bits per heavy atom. The SMILES string of the molecule is CC.CCCCC(CCC)C1CCCCC1.CCCCCC(CCCc1sccc1C=C(C)C)CCC(C)=O.CCc1cc(C)cc(C)c1N. The lowest BCUT2D eigenvalue weighted by atomic mass is 9.76. The standard InChI is InChI=1S/C21H34OS.C14H28.C10H15N.C2H6/c1-5-6-7-9-19(13-12-18(4)22)10-8-11-21-20(14-15-23-21)16-17(2)3;1-3-5-10-13(9-4-2)14-11-7-6-8-12-14;1-4-9-6-7(2)5-8(3)10(9)11;1-2/h14-16,19H,5-13H2,1-4H3;13-14H,3-12H2,1-2H3;5-6H,4,11H2,1-3H3;1-2H3. The zero-order valence-electron chi connectivity index (χ0n) is 35.2. The van der Waals surface area contributed by atoms with E-state index in [2.05, 4.69) is 85.0 Å². The number of carbonyl (C=O) groups is 1. The van der Waals surface area contributed by atoms with Crippen molar-refractivity contribution in [3.63, 3.8) is 0 Å². The molecule has 1 fully saturated rings. The molecule has 3 heteroatoms. The van der Waals surface area contributed by atoms with Crippen LogP contribution in [0.15, 0.2) is 29.2 Å². The van der Waals surface area contributed by atoms with Crippen LogP contribution in [0.3, 0.4) is 0 Å². The minimum absolute atomic E-state index is 0.342. The normalized spacial score (nSPS) is 13.8. The van der Waals surface area contributed by atoms with E-state index in [-0.39, 0.29) is 0 Å². The van der Waals surface area contributed by atoms with Crippen LogP contribution in [0.25, 0.3) is 6.08 Å². The van der Waals surface area contributed by atoms with Crippen LogP contribution >= 0.6 is 11.3 Å². The first-order chi connectivity index (χ1) is 24.1. The number of nitrogens with two attached hydrogens (primary N) is 1. The van der Waals surface area contributed by atoms with Gasteiger partial charge < -0.3 is 10.5 Å². The van der Waals surface area contributed by atoms with Crippen LogP contribution in [0.4, 0.5) is 5.69 Å². The first-order valence-corrected chi connectivity index (χ1v) is 22.0. The van der Waals surface area contributed by atoms with Crippen molar-refractivity contribution in [1.29, 1.82) is 0 Å². The van der Waals surface area contributed by atoms with Gasteiger partial charge in [0, 0.05) is 17.0 Å². The zero-order chi connectivity index (χ0) is 37.7. The number of nitrogen functional groups attached to an aromatic ring is 1. The number of hydrogen-bond acceptors (Lipinski definition) is 3. The van der Waals surface area contributed by atoms with Crippen LogP contribution < -0.4 is 5.73 Å². The van der Waals surface area contributed by atoms with Crippen LogP contribution in [0.5, 0.6) is 0 Å². The Morgan fingerprint density at radius 2 is 1.50 bits per heavy atom. The first-order valence-electron chi connectivity index (χ1n) is 21.1. The lowest BCUT2D eigenvalue weighted by Crippen LogP contribution is -2.17. The number of unbranched alkanes of at least 4 members (excludes halogenated alkanes) is 3. The predicted molar refractivity (Wildman–Crippen MR) is 230 cm³/mol. The van der Waals surface area contributed by atoms with E-state index in [9.17, 15) is 4.79 Å². The maximum absolute atomic E-state index is 11.3. The van der Waals surface area contributed by atoms with Crippen molar-refractivity contribution in [2.45, 2.75) is 205 Å². The van der Waals surface area contributed by atoms with E-state index in [0.717, 1.165) is 42.7 Å². The summed E-state index contributed by atoms with van der Waals surface area (Å²) in [7, 11) is 0. The average Bonchev–Trinajstić information content (AvgIpc) is 3.54. The molecule has 0 saturated heterocycles. The molecule has 0 amide bonds. The smallest absolute Gasteiger partial charge is 0.129 e. The van der Waals surface area contributed by atoms with Crippen LogP contribution in [-0.2, 0) is 17.6 Å². The number of rotatable bonds is 19. The summed E-state index contributed by atoms with van der Waals surface area (Å²) >= 11 is 1.88. The number of aryl methyl sites for hydroxylation is 4. The minimum atomic E-state index is 0.342. The molecule has 1 aliphatic rings. The van der Waals surface area contributed by atoms with Gasteiger partial charge in [-0.15, -0.1) is 11.3 Å². The molecule has 1 aliphatic carbocycles. The molecular formula is C47H83NOS. The minimum Gasteiger partial charge on any atom is -0.398 e. The van der Waals surface area contributed by atoms with Crippen molar-refractivity contribution >= 4 is 28.9 Å². The summed E-state index contributed by atoms with van der Waals surface area (Å²) in [5.74, 6) is 3.24. The van der Waals surface area contributed by atoms with Gasteiger partial charge in [-0.05, 0) is 106 Å². The first kappa shape index (κ1) is 48.1. The molecule has 1 aromatic heterocycles. The van der Waals surface area contributed by atoms with Gasteiger partial charge in [-0.2, -0.15) is 0 Å². The van der Waals surface area contributed by atoms with E-state index < -0.39 is 0 Å². The number of thiophene rings is 1. The summed E-state index contributed by atoms with van der Waals surface area (Å²) in [6.07, 6.45) is 28.9. The number of allylic oxidation sites excluding steroid dienone is 1. The number of ketones is 1. The van der Waals surface area contributed by atoms with Crippen molar-refractivity contribution in [2.75, 3.05) is 5.73 Å². The van der Waals surface area contributed by atoms with Gasteiger partial charge in [0.15, 0.2) is 0 Å². The second-order valence-corrected chi connectivity index (χ2v) is 16.1. The average molecular weight is 710 g/mol. The molecule has 0 spiro atoms. The van der Waals surface area contributed by atoms with Gasteiger partial charge in [-0.25, -0.2) is 0 Å². The van der Waals surface area contributed by atoms with Crippen molar-refractivity contribution in [1.82, 2.24) is 0 Å². The molecule has 50 heavy (non-hydrogen) atoms. The Bertz CT molecular complexity index is 1130. The summed E-state index contributed by atoms with van der Waals surface area (Å²) in [4.78, 5) is 12.8. The maximum Gasteiger partial charge on any atom is 0.129 e. The van der Waals surface area contributed by atoms with Crippen molar-refractivity contribution < 1.29 is 4.79 Å². The molecule has 1 heterocycles. The van der Waals surface area contributed by atoms with E-state index >= 15 is 0 Å². The van der Waals surface area contributed by atoms with E-state index in [1.54, 1.807) is 6.92 Å². The third-order valence-electron chi connectivity index (χ3n) is 10.3. The number of benzene rings is 1. The Hall–Kier alpha value is -1.87. The molecule has 2 atom stereocenters. The Labute approximate surface area is 316 Å². The van der Waals surface area contributed by atoms with E-state index in [0.29, 0.717) is 5.78 Å². The van der Waals surface area contributed by atoms with Crippen LogP contribution in [0.1, 0.15) is 205 Å². The van der Waals surface area contributed by atoms with Gasteiger partial charge in [0.1, 0.15) is 5.78 Å². The van der Waals surface area contributed by atoms with E-state index in [1.807, 2.05) is 25.2 Å². The second-order valence-electron chi connectivity index (χ2n) is 15.1. The lowest BCUT2D eigenvalue weighted by molar-refractivity contribution is -0.117. The molecule has 2 nitrogen and oxygen atoms in total. The predicted octanol–water partition coefficient (Wildman–Crippen LogP) is 15.7. The topological polar surface area (TPSA) is 43.1 Å². The molecule has 288 valence electrons. The molecule has 2 aromatic rings. The fourth-order valence-corrected chi connectivity index (χ4v) is 8.39. The summed E-state index contributed by atoms with van der Waals surface area (Å²) in [5.41, 5.74) is 13.3. The van der Waals surface area contributed by atoms with Gasteiger partial charge in [0.2, 0.25) is 0 Å². The molecule has 0 aliphatic heterocycles. The third kappa shape index (κ3) is 22.1. The summed E-state index contributed by atoms with van der Waals surface area (Å²) < 4.78 is 0. The van der Waals surface area contributed by atoms with Crippen LogP contribution in [0, 0.1) is 31.6 Å². The van der Waals surface area contributed by atoms with Gasteiger partial charge in [0.25, 0.3) is 0 Å². The van der Waals surface area contributed by atoms with Gasteiger partial charge in [-0.1, -0.05) is 167 Å². The molecule has 2 unspecified atom stereocenters. The van der Waals surface area contributed by atoms with Gasteiger partial charge in [0.05, 0.1) is 0 Å². The molecule has 3 rings (SSSR count). The Balaban J connectivity index is 0.000000756. The van der Waals surface area contributed by atoms with Gasteiger partial charge >= 0.3 is 0 Å². The van der Waals surface area contributed by atoms with E-state index in [1.165, 1.54) is 142 Å². The number of carbonyl (C=O) groups excluding carboxylic acids is 1. The highest BCUT2D eigenvalue weighted by Gasteiger charge is 2.22. The van der Waals surface area contributed by atoms with Crippen LogP contribution in [0.2, 0.25) is 0 Å². The van der Waals surface area contributed by atoms with E-state index in [4.69, 9.17) is 5.73 Å². The molecule has 1 aromatic carbocycles. The van der Waals surface area contributed by atoms with Gasteiger partial charge in [-0.3, -0.25) is 0 Å². The molecule has 0 radical (unpaired) electrons. The highest BCUT2D eigenvalue weighted by molar-refractivity contribution is 7.10. The monoisotopic (exact) mass is 710 g/mol. The zero-order valence-corrected chi connectivity index (χ0v) is 36.0. The lowest BCUT2D eigenvalue weighted by Gasteiger charge is -2.30. The second kappa shape index (κ2) is 30.7. The number of Topliss-reactive ketones (excluding diaryl/α,β-unsaturated/α-hetero) is 1. The number of hydrogen-bond donors (Lipinski definition) is 1. The summed E-state index contributed by atoms with van der Waals surface area (Å²) in [5, 5.41) is 2.21.